The second-order valence-corrected chi connectivity index (χ2v) is 5.93. The van der Waals surface area contributed by atoms with Gasteiger partial charge in [-0.3, -0.25) is 19.3 Å². The number of carbonyl (C=O) groups is 3. The van der Waals surface area contributed by atoms with E-state index in [2.05, 4.69) is 0 Å². The van der Waals surface area contributed by atoms with Gasteiger partial charge in [-0.25, -0.2) is 0 Å². The van der Waals surface area contributed by atoms with Gasteiger partial charge in [0.2, 0.25) is 12.8 Å². The summed E-state index contributed by atoms with van der Waals surface area (Å²) in [5, 5.41) is 0. The normalized spacial score (nSPS) is 10.9. The van der Waals surface area contributed by atoms with Crippen LogP contribution < -0.4 is 4.74 Å². The topological polar surface area (TPSA) is 63.7 Å². The zero-order valence-electron chi connectivity index (χ0n) is 13.6. The van der Waals surface area contributed by atoms with Crippen molar-refractivity contribution >= 4 is 19.1 Å². The van der Waals surface area contributed by atoms with Crippen LogP contribution in [0.25, 0.3) is 0 Å². The second kappa shape index (κ2) is 7.73. The van der Waals surface area contributed by atoms with Crippen LogP contribution in [0.5, 0.6) is 5.75 Å². The van der Waals surface area contributed by atoms with Gasteiger partial charge in [0, 0.05) is 6.54 Å². The SMILES string of the molecule is Cc1cc(CCCN(C=O)C=O)cc(C)c1OC(C)(C)C=O. The molecule has 0 unspecified atom stereocenters. The van der Waals surface area contributed by atoms with Crippen molar-refractivity contribution < 1.29 is 19.1 Å². The van der Waals surface area contributed by atoms with E-state index in [1.807, 2.05) is 26.0 Å². The number of nitrogens with zero attached hydrogens (tertiary/aromatic N) is 1. The van der Waals surface area contributed by atoms with Crippen molar-refractivity contribution in [1.82, 2.24) is 4.90 Å². The van der Waals surface area contributed by atoms with E-state index >= 15 is 0 Å². The number of hydrogen-bond acceptors (Lipinski definition) is 4. The number of hydrogen-bond donors (Lipinski definition) is 0. The van der Waals surface area contributed by atoms with Gasteiger partial charge in [0.1, 0.15) is 5.75 Å². The first-order valence-electron chi connectivity index (χ1n) is 7.24. The molecule has 0 aliphatic rings. The van der Waals surface area contributed by atoms with Crippen LogP contribution in [0.2, 0.25) is 0 Å². The molecular formula is C17H23NO4. The lowest BCUT2D eigenvalue weighted by atomic mass is 10.0. The van der Waals surface area contributed by atoms with Gasteiger partial charge in [0.25, 0.3) is 0 Å². The Balaban J connectivity index is 2.79. The van der Waals surface area contributed by atoms with E-state index in [9.17, 15) is 14.4 Å². The van der Waals surface area contributed by atoms with Gasteiger partial charge in [0.15, 0.2) is 11.9 Å². The molecule has 0 saturated heterocycles. The maximum absolute atomic E-state index is 11.0. The molecule has 22 heavy (non-hydrogen) atoms. The molecule has 0 aliphatic carbocycles. The average molecular weight is 305 g/mol. The highest BCUT2D eigenvalue weighted by molar-refractivity contribution is 5.68. The zero-order valence-corrected chi connectivity index (χ0v) is 13.6. The summed E-state index contributed by atoms with van der Waals surface area (Å²) in [5.74, 6) is 0.725. The Morgan fingerprint density at radius 2 is 1.64 bits per heavy atom. The fourth-order valence-electron chi connectivity index (χ4n) is 2.23. The Kier molecular flexibility index (Phi) is 6.28. The predicted molar refractivity (Wildman–Crippen MR) is 83.8 cm³/mol. The van der Waals surface area contributed by atoms with Crippen LogP contribution in [0.1, 0.15) is 37.0 Å². The average Bonchev–Trinajstić information content (AvgIpc) is 2.47. The van der Waals surface area contributed by atoms with Crippen LogP contribution in [-0.2, 0) is 20.8 Å². The molecule has 0 fully saturated rings. The van der Waals surface area contributed by atoms with Crippen molar-refractivity contribution in [1.29, 1.82) is 0 Å². The summed E-state index contributed by atoms with van der Waals surface area (Å²) < 4.78 is 5.78. The summed E-state index contributed by atoms with van der Waals surface area (Å²) in [5.41, 5.74) is 2.19. The highest BCUT2D eigenvalue weighted by Gasteiger charge is 2.20. The first-order chi connectivity index (χ1) is 10.3. The van der Waals surface area contributed by atoms with E-state index < -0.39 is 5.60 Å². The summed E-state index contributed by atoms with van der Waals surface area (Å²) in [7, 11) is 0. The molecule has 1 rings (SSSR count). The molecule has 120 valence electrons. The smallest absolute Gasteiger partial charge is 0.216 e. The summed E-state index contributed by atoms with van der Waals surface area (Å²) >= 11 is 0. The summed E-state index contributed by atoms with van der Waals surface area (Å²) in [6.45, 7) is 7.73. The molecule has 0 radical (unpaired) electrons. The number of amides is 2. The molecule has 5 nitrogen and oxygen atoms in total. The van der Waals surface area contributed by atoms with E-state index in [1.54, 1.807) is 13.8 Å². The molecule has 0 bridgehead atoms. The quantitative estimate of drug-likeness (QED) is 0.656. The van der Waals surface area contributed by atoms with Crippen molar-refractivity contribution in [2.24, 2.45) is 0 Å². The van der Waals surface area contributed by atoms with Gasteiger partial charge >= 0.3 is 0 Å². The Morgan fingerprint density at radius 1 is 1.09 bits per heavy atom. The van der Waals surface area contributed by atoms with Crippen molar-refractivity contribution in [3.63, 3.8) is 0 Å². The summed E-state index contributed by atoms with van der Waals surface area (Å²) in [6.07, 6.45) is 3.31. The van der Waals surface area contributed by atoms with Crippen molar-refractivity contribution in [3.8, 4) is 5.75 Å². The van der Waals surface area contributed by atoms with Gasteiger partial charge in [-0.2, -0.15) is 0 Å². The number of aryl methyl sites for hydroxylation is 3. The monoisotopic (exact) mass is 305 g/mol. The molecule has 0 aromatic heterocycles. The van der Waals surface area contributed by atoms with Gasteiger partial charge in [-0.15, -0.1) is 0 Å². The minimum absolute atomic E-state index is 0.404. The van der Waals surface area contributed by atoms with E-state index in [0.717, 1.165) is 40.0 Å². The van der Waals surface area contributed by atoms with E-state index in [0.29, 0.717) is 25.8 Å². The molecule has 1 aromatic rings. The van der Waals surface area contributed by atoms with Crippen molar-refractivity contribution in [2.45, 2.75) is 46.1 Å². The first kappa shape index (κ1) is 17.9. The molecule has 5 heteroatoms. The summed E-state index contributed by atoms with van der Waals surface area (Å²) in [6, 6.07) is 4.02. The second-order valence-electron chi connectivity index (χ2n) is 5.93. The lowest BCUT2D eigenvalue weighted by Gasteiger charge is -2.23. The number of benzene rings is 1. The van der Waals surface area contributed by atoms with Crippen LogP contribution in [-0.4, -0.2) is 36.2 Å². The van der Waals surface area contributed by atoms with Gasteiger partial charge in [-0.1, -0.05) is 12.1 Å². The number of aldehydes is 1. The van der Waals surface area contributed by atoms with E-state index in [-0.39, 0.29) is 0 Å². The van der Waals surface area contributed by atoms with E-state index in [1.165, 1.54) is 0 Å². The minimum atomic E-state index is -0.856. The third kappa shape index (κ3) is 4.98. The number of rotatable bonds is 9. The number of imide groups is 1. The molecule has 2 amide bonds. The van der Waals surface area contributed by atoms with Crippen LogP contribution >= 0.6 is 0 Å². The Bertz CT molecular complexity index is 521. The van der Waals surface area contributed by atoms with Crippen molar-refractivity contribution in [2.75, 3.05) is 6.54 Å². The van der Waals surface area contributed by atoms with Crippen LogP contribution in [0.4, 0.5) is 0 Å². The van der Waals surface area contributed by atoms with Gasteiger partial charge in [0.05, 0.1) is 0 Å². The molecule has 0 spiro atoms. The lowest BCUT2D eigenvalue weighted by Crippen LogP contribution is -2.30. The Morgan fingerprint density at radius 3 is 2.09 bits per heavy atom. The van der Waals surface area contributed by atoms with E-state index in [4.69, 9.17) is 4.74 Å². The van der Waals surface area contributed by atoms with Crippen molar-refractivity contribution in [3.05, 3.63) is 28.8 Å². The zero-order chi connectivity index (χ0) is 16.8. The maximum Gasteiger partial charge on any atom is 0.216 e. The molecule has 1 aromatic carbocycles. The number of carbonyl (C=O) groups excluding carboxylic acids is 3. The maximum atomic E-state index is 11.0. The standard InChI is InChI=1S/C17H23NO4/c1-13-8-15(6-5-7-18(11-20)12-21)9-14(2)16(13)22-17(3,4)10-19/h8-12H,5-7H2,1-4H3. The number of ether oxygens (including phenoxy) is 1. The third-order valence-electron chi connectivity index (χ3n) is 3.32. The van der Waals surface area contributed by atoms with Crippen LogP contribution in [0, 0.1) is 13.8 Å². The van der Waals surface area contributed by atoms with Crippen LogP contribution in [0.3, 0.4) is 0 Å². The fourth-order valence-corrected chi connectivity index (χ4v) is 2.23. The molecule has 0 aliphatic heterocycles. The Hall–Kier alpha value is -2.17. The minimum Gasteiger partial charge on any atom is -0.480 e. The highest BCUT2D eigenvalue weighted by Crippen LogP contribution is 2.28. The fraction of sp³-hybridized carbons (Fsp3) is 0.471. The molecular weight excluding hydrogens is 282 g/mol. The molecule has 0 saturated carbocycles. The van der Waals surface area contributed by atoms with Gasteiger partial charge in [-0.05, 0) is 57.2 Å². The molecule has 0 N–H and O–H groups in total. The molecule has 0 heterocycles. The van der Waals surface area contributed by atoms with Crippen LogP contribution in [0.15, 0.2) is 12.1 Å². The Labute approximate surface area is 131 Å². The summed E-state index contributed by atoms with van der Waals surface area (Å²) in [4.78, 5) is 33.2. The lowest BCUT2D eigenvalue weighted by molar-refractivity contribution is -0.129. The first-order valence-corrected chi connectivity index (χ1v) is 7.24. The van der Waals surface area contributed by atoms with Gasteiger partial charge < -0.3 is 4.74 Å². The third-order valence-corrected chi connectivity index (χ3v) is 3.32. The highest BCUT2D eigenvalue weighted by atomic mass is 16.5. The predicted octanol–water partition coefficient (Wildman–Crippen LogP) is 2.21. The largest absolute Gasteiger partial charge is 0.480 e. The molecule has 0 atom stereocenters.